The highest BCUT2D eigenvalue weighted by atomic mass is 16.5. The highest BCUT2D eigenvalue weighted by Crippen LogP contribution is 2.31. The third kappa shape index (κ3) is 11.9. The van der Waals surface area contributed by atoms with Crippen LogP contribution in [0.15, 0.2) is 18.2 Å². The number of carboxylic acids is 2. The van der Waals surface area contributed by atoms with Crippen molar-refractivity contribution in [2.24, 2.45) is 5.92 Å². The second-order valence-corrected chi connectivity index (χ2v) is 8.69. The van der Waals surface area contributed by atoms with E-state index in [0.29, 0.717) is 0 Å². The van der Waals surface area contributed by atoms with Gasteiger partial charge in [0.25, 0.3) is 0 Å². The maximum Gasteiger partial charge on any atom is 0.414 e. The molecule has 1 aromatic rings. The van der Waals surface area contributed by atoms with Gasteiger partial charge in [0.15, 0.2) is 11.5 Å². The molecule has 0 atom stereocenters. The van der Waals surface area contributed by atoms with Gasteiger partial charge in [0, 0.05) is 19.0 Å². The predicted molar refractivity (Wildman–Crippen MR) is 134 cm³/mol. The molecule has 3 N–H and O–H groups in total. The average Bonchev–Trinajstić information content (AvgIpc) is 2.87. The van der Waals surface area contributed by atoms with Crippen LogP contribution in [0.5, 0.6) is 11.5 Å². The molecular formula is C26H42N2O7. The number of nitrogens with zero attached hydrogens (tertiary/aromatic N) is 1. The van der Waals surface area contributed by atoms with Crippen molar-refractivity contribution in [2.45, 2.75) is 64.7 Å². The van der Waals surface area contributed by atoms with Crippen molar-refractivity contribution in [3.8, 4) is 11.5 Å². The summed E-state index contributed by atoms with van der Waals surface area (Å²) < 4.78 is 11.0. The molecule has 2 rings (SSSR count). The topological polar surface area (TPSA) is 125 Å². The van der Waals surface area contributed by atoms with E-state index in [4.69, 9.17) is 29.3 Å². The van der Waals surface area contributed by atoms with E-state index in [0.717, 1.165) is 76.2 Å². The largest absolute Gasteiger partial charge is 0.493 e. The van der Waals surface area contributed by atoms with E-state index < -0.39 is 11.9 Å². The number of amides is 1. The molecule has 0 aromatic heterocycles. The number of unbranched alkanes of at least 4 members (excludes halogenated alkanes) is 1. The van der Waals surface area contributed by atoms with E-state index in [1.165, 1.54) is 24.8 Å². The van der Waals surface area contributed by atoms with Gasteiger partial charge in [-0.15, -0.1) is 0 Å². The molecule has 0 unspecified atom stereocenters. The van der Waals surface area contributed by atoms with Gasteiger partial charge in [-0.2, -0.15) is 0 Å². The van der Waals surface area contributed by atoms with Crippen molar-refractivity contribution in [1.82, 2.24) is 10.2 Å². The fourth-order valence-electron chi connectivity index (χ4n) is 4.26. The lowest BCUT2D eigenvalue weighted by Gasteiger charge is -2.23. The zero-order valence-corrected chi connectivity index (χ0v) is 21.4. The molecular weight excluding hydrogens is 452 g/mol. The van der Waals surface area contributed by atoms with Crippen molar-refractivity contribution in [2.75, 3.05) is 40.4 Å². The molecule has 0 heterocycles. The molecule has 0 saturated heterocycles. The minimum atomic E-state index is -1.82. The monoisotopic (exact) mass is 494 g/mol. The third-order valence-corrected chi connectivity index (χ3v) is 6.08. The SMILES string of the molecule is CCCN(CCCCNC(=O)C1CCCCC1)CCc1cccc(OC)c1OC.O=C(O)C(=O)O. The first kappa shape index (κ1) is 30.2. The van der Waals surface area contributed by atoms with Gasteiger partial charge >= 0.3 is 11.9 Å². The van der Waals surface area contributed by atoms with E-state index in [-0.39, 0.29) is 11.8 Å². The number of rotatable bonds is 13. The molecule has 0 bridgehead atoms. The van der Waals surface area contributed by atoms with Gasteiger partial charge in [-0.1, -0.05) is 38.3 Å². The Bertz CT molecular complexity index is 767. The molecule has 1 fully saturated rings. The van der Waals surface area contributed by atoms with Crippen LogP contribution in [0.25, 0.3) is 0 Å². The number of hydrogen-bond acceptors (Lipinski definition) is 6. The summed E-state index contributed by atoms with van der Waals surface area (Å²) in [7, 11) is 3.38. The lowest BCUT2D eigenvalue weighted by Crippen LogP contribution is -2.33. The van der Waals surface area contributed by atoms with Crippen molar-refractivity contribution in [3.63, 3.8) is 0 Å². The van der Waals surface area contributed by atoms with Gasteiger partial charge in [-0.25, -0.2) is 9.59 Å². The van der Waals surface area contributed by atoms with Crippen molar-refractivity contribution < 1.29 is 34.1 Å². The molecule has 1 aliphatic carbocycles. The lowest BCUT2D eigenvalue weighted by molar-refractivity contribution is -0.159. The Morgan fingerprint density at radius 2 is 1.66 bits per heavy atom. The van der Waals surface area contributed by atoms with Gasteiger partial charge < -0.3 is 29.9 Å². The minimum absolute atomic E-state index is 0.262. The standard InChI is InChI=1S/C24H40N2O3.C2H2O4/c1-4-17-26(19-15-20-13-10-14-22(28-2)23(20)29-3)18-9-8-16-25-24(27)21-11-6-5-7-12-21;3-1(4)2(5)6/h10,13-14,21H,4-9,11-12,15-19H2,1-3H3,(H,25,27);(H,3,4)(H,5,6). The van der Waals surface area contributed by atoms with Crippen molar-refractivity contribution in [1.29, 1.82) is 0 Å². The fraction of sp³-hybridized carbons (Fsp3) is 0.654. The lowest BCUT2D eigenvalue weighted by atomic mass is 9.89. The van der Waals surface area contributed by atoms with Gasteiger partial charge in [-0.3, -0.25) is 4.79 Å². The number of nitrogens with one attached hydrogen (secondary N) is 1. The predicted octanol–water partition coefficient (Wildman–Crippen LogP) is 3.59. The molecule has 0 spiro atoms. The Kier molecular flexibility index (Phi) is 15.2. The molecule has 1 aromatic carbocycles. The van der Waals surface area contributed by atoms with E-state index >= 15 is 0 Å². The second-order valence-electron chi connectivity index (χ2n) is 8.69. The normalized spacial score (nSPS) is 13.5. The summed E-state index contributed by atoms with van der Waals surface area (Å²) >= 11 is 0. The second kappa shape index (κ2) is 17.6. The number of carboxylic acid groups (broad SMARTS) is 2. The summed E-state index contributed by atoms with van der Waals surface area (Å²) in [6.45, 7) is 6.20. The average molecular weight is 495 g/mol. The first-order valence-electron chi connectivity index (χ1n) is 12.5. The summed E-state index contributed by atoms with van der Waals surface area (Å²) in [6, 6.07) is 6.08. The number of ether oxygens (including phenoxy) is 2. The van der Waals surface area contributed by atoms with Crippen LogP contribution in [0.1, 0.15) is 63.9 Å². The molecule has 35 heavy (non-hydrogen) atoms. The number of methoxy groups -OCH3 is 2. The Labute approximate surface area is 208 Å². The van der Waals surface area contributed by atoms with Crippen LogP contribution in [0.2, 0.25) is 0 Å². The van der Waals surface area contributed by atoms with Gasteiger partial charge in [0.2, 0.25) is 5.91 Å². The molecule has 1 aliphatic rings. The summed E-state index contributed by atoms with van der Waals surface area (Å²) in [4.78, 5) is 32.9. The minimum Gasteiger partial charge on any atom is -0.493 e. The van der Waals surface area contributed by atoms with Crippen LogP contribution in [-0.4, -0.2) is 73.4 Å². The van der Waals surface area contributed by atoms with Gasteiger partial charge in [-0.05, 0) is 63.2 Å². The van der Waals surface area contributed by atoms with Crippen LogP contribution >= 0.6 is 0 Å². The highest BCUT2D eigenvalue weighted by Gasteiger charge is 2.20. The highest BCUT2D eigenvalue weighted by molar-refractivity contribution is 6.27. The van der Waals surface area contributed by atoms with Crippen LogP contribution in [0, 0.1) is 5.92 Å². The van der Waals surface area contributed by atoms with Crippen LogP contribution in [0.4, 0.5) is 0 Å². The summed E-state index contributed by atoms with van der Waals surface area (Å²) in [6.07, 6.45) is 10.1. The first-order chi connectivity index (χ1) is 16.8. The number of benzene rings is 1. The Hall–Kier alpha value is -2.81. The van der Waals surface area contributed by atoms with Crippen LogP contribution in [-0.2, 0) is 20.8 Å². The maximum atomic E-state index is 12.2. The number of hydrogen-bond donors (Lipinski definition) is 3. The molecule has 0 radical (unpaired) electrons. The maximum absolute atomic E-state index is 12.2. The van der Waals surface area contributed by atoms with Gasteiger partial charge in [0.05, 0.1) is 14.2 Å². The molecule has 1 saturated carbocycles. The third-order valence-electron chi connectivity index (χ3n) is 6.08. The molecule has 1 amide bonds. The Balaban J connectivity index is 0.000000905. The van der Waals surface area contributed by atoms with E-state index in [2.05, 4.69) is 23.2 Å². The van der Waals surface area contributed by atoms with Crippen molar-refractivity contribution >= 4 is 17.8 Å². The van der Waals surface area contributed by atoms with Gasteiger partial charge in [0.1, 0.15) is 0 Å². The molecule has 0 aliphatic heterocycles. The van der Waals surface area contributed by atoms with Crippen LogP contribution < -0.4 is 14.8 Å². The van der Waals surface area contributed by atoms with Crippen molar-refractivity contribution in [3.05, 3.63) is 23.8 Å². The summed E-state index contributed by atoms with van der Waals surface area (Å²) in [5, 5.41) is 17.9. The zero-order valence-electron chi connectivity index (χ0n) is 21.4. The van der Waals surface area contributed by atoms with Crippen LogP contribution in [0.3, 0.4) is 0 Å². The number of carbonyl (C=O) groups excluding carboxylic acids is 1. The van der Waals surface area contributed by atoms with E-state index in [1.807, 2.05) is 12.1 Å². The number of para-hydroxylation sites is 1. The fourth-order valence-corrected chi connectivity index (χ4v) is 4.26. The Morgan fingerprint density at radius 1 is 0.971 bits per heavy atom. The number of carbonyl (C=O) groups is 3. The zero-order chi connectivity index (χ0) is 26.1. The molecule has 198 valence electrons. The summed E-state index contributed by atoms with van der Waals surface area (Å²) in [5.74, 6) is -1.47. The number of aliphatic carboxylic acids is 2. The molecule has 9 nitrogen and oxygen atoms in total. The quantitative estimate of drug-likeness (QED) is 0.281. The van der Waals surface area contributed by atoms with E-state index in [9.17, 15) is 4.79 Å². The summed E-state index contributed by atoms with van der Waals surface area (Å²) in [5.41, 5.74) is 1.19. The van der Waals surface area contributed by atoms with E-state index in [1.54, 1.807) is 14.2 Å². The smallest absolute Gasteiger partial charge is 0.414 e. The molecule has 9 heteroatoms. The Morgan fingerprint density at radius 3 is 2.23 bits per heavy atom. The first-order valence-corrected chi connectivity index (χ1v) is 12.5.